The average molecular weight is 387 g/mol. The van der Waals surface area contributed by atoms with Crippen LogP contribution in [0.4, 0.5) is 0 Å². The number of rotatable bonds is 1. The second-order valence-corrected chi connectivity index (χ2v) is 9.90. The number of hydrogen-bond donors (Lipinski definition) is 0. The molecular formula is C27H32NO+. The topological polar surface area (TPSA) is 13.1 Å². The second kappa shape index (κ2) is 6.58. The van der Waals surface area contributed by atoms with E-state index in [-0.39, 0.29) is 11.0 Å². The summed E-state index contributed by atoms with van der Waals surface area (Å²) in [5.74, 6) is 1.13. The van der Waals surface area contributed by atoms with E-state index in [1.165, 1.54) is 65.3 Å². The van der Waals surface area contributed by atoms with Crippen LogP contribution in [-0.2, 0) is 12.5 Å². The molecule has 0 amide bonds. The molecule has 2 heteroatoms. The Hall–Kier alpha value is -2.35. The highest BCUT2D eigenvalue weighted by Gasteiger charge is 2.47. The van der Waals surface area contributed by atoms with Crippen LogP contribution in [-0.4, -0.2) is 5.60 Å². The van der Waals surface area contributed by atoms with Gasteiger partial charge in [-0.25, -0.2) is 4.57 Å². The fourth-order valence-electron chi connectivity index (χ4n) is 5.87. The van der Waals surface area contributed by atoms with Gasteiger partial charge in [-0.15, -0.1) is 0 Å². The normalized spacial score (nSPS) is 19.7. The van der Waals surface area contributed by atoms with E-state index in [0.717, 1.165) is 12.2 Å². The number of pyridine rings is 1. The number of aromatic nitrogens is 1. The molecule has 1 fully saturated rings. The first kappa shape index (κ1) is 18.7. The molecule has 0 unspecified atom stereocenters. The molecule has 1 aliphatic carbocycles. The minimum absolute atomic E-state index is 0.000445. The molecule has 1 saturated carbocycles. The smallest absolute Gasteiger partial charge is 0.224 e. The molecule has 29 heavy (non-hydrogen) atoms. The van der Waals surface area contributed by atoms with Crippen molar-refractivity contribution < 1.29 is 9.30 Å². The Labute approximate surface area is 174 Å². The van der Waals surface area contributed by atoms with Gasteiger partial charge in [-0.2, -0.15) is 0 Å². The molecule has 3 aromatic rings. The third-order valence-electron chi connectivity index (χ3n) is 7.23. The molecule has 0 bridgehead atoms. The van der Waals surface area contributed by atoms with Crippen LogP contribution in [0.5, 0.6) is 5.75 Å². The van der Waals surface area contributed by atoms with E-state index in [1.807, 2.05) is 0 Å². The highest BCUT2D eigenvalue weighted by molar-refractivity contribution is 5.95. The molecule has 1 aliphatic heterocycles. The summed E-state index contributed by atoms with van der Waals surface area (Å²) in [6.07, 6.45) is 9.59. The summed E-state index contributed by atoms with van der Waals surface area (Å²) in [5.41, 5.74) is 5.32. The summed E-state index contributed by atoms with van der Waals surface area (Å²) in [6, 6.07) is 15.5. The largest absolute Gasteiger partial charge is 0.486 e. The highest BCUT2D eigenvalue weighted by atomic mass is 16.5. The SMILES string of the molecule is Cc1ccc2c(c1-c1c3ccccc3cc[n+]1C)OC1(CCCCC1)CC2(C)C. The summed E-state index contributed by atoms with van der Waals surface area (Å²) in [4.78, 5) is 0. The molecule has 5 rings (SSSR count). The molecule has 0 saturated heterocycles. The minimum atomic E-state index is 0.000445. The van der Waals surface area contributed by atoms with Gasteiger partial charge in [-0.3, -0.25) is 0 Å². The maximum absolute atomic E-state index is 7.05. The number of fused-ring (bicyclic) bond motifs is 2. The van der Waals surface area contributed by atoms with Gasteiger partial charge >= 0.3 is 0 Å². The lowest BCUT2D eigenvalue weighted by Gasteiger charge is -2.48. The van der Waals surface area contributed by atoms with Crippen LogP contribution >= 0.6 is 0 Å². The molecule has 1 spiro atoms. The molecule has 0 N–H and O–H groups in total. The van der Waals surface area contributed by atoms with Crippen molar-refractivity contribution in [3.05, 3.63) is 59.8 Å². The van der Waals surface area contributed by atoms with Crippen LogP contribution in [0.3, 0.4) is 0 Å². The summed E-state index contributed by atoms with van der Waals surface area (Å²) < 4.78 is 9.32. The van der Waals surface area contributed by atoms with Crippen LogP contribution in [0.2, 0.25) is 0 Å². The maximum atomic E-state index is 7.05. The van der Waals surface area contributed by atoms with Crippen molar-refractivity contribution in [1.29, 1.82) is 0 Å². The second-order valence-electron chi connectivity index (χ2n) is 9.90. The van der Waals surface area contributed by atoms with Crippen LogP contribution < -0.4 is 9.30 Å². The van der Waals surface area contributed by atoms with Gasteiger partial charge in [-0.05, 0) is 61.5 Å². The van der Waals surface area contributed by atoms with Gasteiger partial charge in [0.05, 0.1) is 10.9 Å². The molecule has 0 atom stereocenters. The zero-order valence-electron chi connectivity index (χ0n) is 18.2. The predicted molar refractivity (Wildman–Crippen MR) is 119 cm³/mol. The van der Waals surface area contributed by atoms with Crippen molar-refractivity contribution in [1.82, 2.24) is 0 Å². The third kappa shape index (κ3) is 2.96. The lowest BCUT2D eigenvalue weighted by atomic mass is 9.67. The number of nitrogens with zero attached hydrogens (tertiary/aromatic N) is 1. The van der Waals surface area contributed by atoms with Gasteiger partial charge in [0.1, 0.15) is 18.4 Å². The zero-order valence-corrected chi connectivity index (χ0v) is 18.2. The fraction of sp³-hybridized carbons (Fsp3) is 0.444. The van der Waals surface area contributed by atoms with Crippen LogP contribution in [0.15, 0.2) is 48.7 Å². The summed E-state index contributed by atoms with van der Waals surface area (Å²) in [7, 11) is 2.16. The van der Waals surface area contributed by atoms with Crippen molar-refractivity contribution in [2.75, 3.05) is 0 Å². The predicted octanol–water partition coefficient (Wildman–Crippen LogP) is 6.40. The number of aryl methyl sites for hydroxylation is 2. The van der Waals surface area contributed by atoms with Gasteiger partial charge in [0, 0.05) is 11.6 Å². The molecular weight excluding hydrogens is 354 g/mol. The third-order valence-corrected chi connectivity index (χ3v) is 7.23. The van der Waals surface area contributed by atoms with Crippen molar-refractivity contribution in [2.24, 2.45) is 7.05 Å². The van der Waals surface area contributed by atoms with Crippen molar-refractivity contribution >= 4 is 10.8 Å². The summed E-state index contributed by atoms with van der Waals surface area (Å²) >= 11 is 0. The van der Waals surface area contributed by atoms with E-state index in [0.29, 0.717) is 0 Å². The van der Waals surface area contributed by atoms with Crippen LogP contribution in [0.1, 0.15) is 63.5 Å². The molecule has 2 nitrogen and oxygen atoms in total. The van der Waals surface area contributed by atoms with Gasteiger partial charge in [0.2, 0.25) is 5.69 Å². The molecule has 150 valence electrons. The van der Waals surface area contributed by atoms with Gasteiger partial charge in [0.25, 0.3) is 0 Å². The molecule has 2 heterocycles. The van der Waals surface area contributed by atoms with E-state index in [1.54, 1.807) is 0 Å². The molecule has 1 aromatic heterocycles. The monoisotopic (exact) mass is 386 g/mol. The van der Waals surface area contributed by atoms with Crippen molar-refractivity contribution in [2.45, 2.75) is 70.3 Å². The number of hydrogen-bond acceptors (Lipinski definition) is 1. The summed E-state index contributed by atoms with van der Waals surface area (Å²) in [6.45, 7) is 7.05. The lowest BCUT2D eigenvalue weighted by Crippen LogP contribution is -2.47. The fourth-order valence-corrected chi connectivity index (χ4v) is 5.87. The van der Waals surface area contributed by atoms with Gasteiger partial charge < -0.3 is 4.74 Å². The molecule has 2 aromatic carbocycles. The van der Waals surface area contributed by atoms with E-state index >= 15 is 0 Å². The Morgan fingerprint density at radius 1 is 0.931 bits per heavy atom. The zero-order chi connectivity index (χ0) is 20.2. The average Bonchev–Trinajstić information content (AvgIpc) is 2.69. The lowest BCUT2D eigenvalue weighted by molar-refractivity contribution is -0.659. The Morgan fingerprint density at radius 2 is 1.69 bits per heavy atom. The Morgan fingerprint density at radius 3 is 2.48 bits per heavy atom. The molecule has 2 aliphatic rings. The summed E-state index contributed by atoms with van der Waals surface area (Å²) in [5, 5.41) is 2.57. The molecule has 0 radical (unpaired) electrons. The number of benzene rings is 2. The first-order chi connectivity index (χ1) is 13.9. The first-order valence-corrected chi connectivity index (χ1v) is 11.1. The van der Waals surface area contributed by atoms with E-state index in [9.17, 15) is 0 Å². The number of ether oxygens (including phenoxy) is 1. The van der Waals surface area contributed by atoms with Gasteiger partial charge in [-0.1, -0.05) is 50.6 Å². The highest BCUT2D eigenvalue weighted by Crippen LogP contribution is 2.53. The Bertz CT molecular complexity index is 1090. The Kier molecular flexibility index (Phi) is 4.24. The van der Waals surface area contributed by atoms with E-state index in [4.69, 9.17) is 4.74 Å². The Balaban J connectivity index is 1.80. The van der Waals surface area contributed by atoms with Crippen LogP contribution in [0, 0.1) is 6.92 Å². The van der Waals surface area contributed by atoms with Crippen molar-refractivity contribution in [3.63, 3.8) is 0 Å². The van der Waals surface area contributed by atoms with Crippen molar-refractivity contribution in [3.8, 4) is 17.0 Å². The van der Waals surface area contributed by atoms with E-state index < -0.39 is 0 Å². The van der Waals surface area contributed by atoms with E-state index in [2.05, 4.69) is 81.0 Å². The first-order valence-electron chi connectivity index (χ1n) is 11.1. The maximum Gasteiger partial charge on any atom is 0.224 e. The quantitative estimate of drug-likeness (QED) is 0.441. The van der Waals surface area contributed by atoms with Crippen LogP contribution in [0.25, 0.3) is 22.0 Å². The minimum Gasteiger partial charge on any atom is -0.486 e. The van der Waals surface area contributed by atoms with Gasteiger partial charge in [0.15, 0.2) is 6.20 Å². The standard InChI is InChI=1S/C27H32NO/c1-19-12-13-22-25(29-27(18-26(22,2)3)15-8-5-9-16-27)23(19)24-21-11-7-6-10-20(21)14-17-28(24)4/h6-7,10-14,17H,5,8-9,15-16,18H2,1-4H3/q+1.